The van der Waals surface area contributed by atoms with Crippen LogP contribution in [0.2, 0.25) is 0 Å². The predicted octanol–water partition coefficient (Wildman–Crippen LogP) is -0.354. The molecule has 90 valence electrons. The number of nitrogens with one attached hydrogen (secondary N) is 1. The van der Waals surface area contributed by atoms with Gasteiger partial charge in [0.1, 0.15) is 0 Å². The summed E-state index contributed by atoms with van der Waals surface area (Å²) in [7, 11) is -1.43. The van der Waals surface area contributed by atoms with Crippen molar-refractivity contribution in [2.24, 2.45) is 0 Å². The molecule has 0 radical (unpaired) electrons. The van der Waals surface area contributed by atoms with Gasteiger partial charge in [-0.2, -0.15) is 0 Å². The van der Waals surface area contributed by atoms with Gasteiger partial charge in [0.05, 0.1) is 5.75 Å². The minimum atomic E-state index is -3.06. The molecule has 0 aromatic heterocycles. The van der Waals surface area contributed by atoms with Crippen LogP contribution in [-0.4, -0.2) is 57.9 Å². The van der Waals surface area contributed by atoms with Crippen molar-refractivity contribution >= 4 is 10.0 Å². The van der Waals surface area contributed by atoms with Crippen LogP contribution in [0.25, 0.3) is 0 Å². The van der Waals surface area contributed by atoms with E-state index in [2.05, 4.69) is 5.32 Å². The second kappa shape index (κ2) is 5.79. The smallest absolute Gasteiger partial charge is 0.215 e. The Labute approximate surface area is 91.8 Å². The van der Waals surface area contributed by atoms with Gasteiger partial charge >= 0.3 is 0 Å². The Kier molecular flexibility index (Phi) is 4.98. The minimum absolute atomic E-state index is 0.199. The number of sulfonamides is 1. The highest BCUT2D eigenvalue weighted by molar-refractivity contribution is 7.89. The van der Waals surface area contributed by atoms with Crippen LogP contribution in [-0.2, 0) is 14.8 Å². The van der Waals surface area contributed by atoms with Crippen LogP contribution in [0.3, 0.4) is 0 Å². The molecular formula is C9H20N2O3S. The summed E-state index contributed by atoms with van der Waals surface area (Å²) in [4.78, 5) is 0. The summed E-state index contributed by atoms with van der Waals surface area (Å²) in [5, 5.41) is 3.17. The van der Waals surface area contributed by atoms with E-state index >= 15 is 0 Å². The molecule has 1 rings (SSSR count). The van der Waals surface area contributed by atoms with Gasteiger partial charge in [-0.3, -0.25) is 0 Å². The van der Waals surface area contributed by atoms with Crippen molar-refractivity contribution in [3.8, 4) is 0 Å². The molecule has 1 N–H and O–H groups in total. The van der Waals surface area contributed by atoms with Crippen molar-refractivity contribution in [1.29, 1.82) is 0 Å². The van der Waals surface area contributed by atoms with Gasteiger partial charge in [-0.25, -0.2) is 12.7 Å². The maximum Gasteiger partial charge on any atom is 0.215 e. The van der Waals surface area contributed by atoms with E-state index in [0.29, 0.717) is 26.2 Å². The third kappa shape index (κ3) is 4.06. The number of methoxy groups -OCH3 is 1. The molecule has 0 aromatic rings. The van der Waals surface area contributed by atoms with Gasteiger partial charge in [0, 0.05) is 39.4 Å². The lowest BCUT2D eigenvalue weighted by Gasteiger charge is -2.21. The fraction of sp³-hybridized carbons (Fsp3) is 1.00. The van der Waals surface area contributed by atoms with E-state index in [4.69, 9.17) is 4.74 Å². The molecule has 1 aliphatic heterocycles. The zero-order chi connectivity index (χ0) is 11.3. The van der Waals surface area contributed by atoms with Crippen LogP contribution in [0.15, 0.2) is 0 Å². The molecule has 15 heavy (non-hydrogen) atoms. The van der Waals surface area contributed by atoms with Crippen LogP contribution < -0.4 is 5.32 Å². The Hall–Kier alpha value is -0.170. The van der Waals surface area contributed by atoms with Gasteiger partial charge in [0.25, 0.3) is 0 Å². The van der Waals surface area contributed by atoms with Crippen LogP contribution in [0.1, 0.15) is 13.3 Å². The molecule has 0 aliphatic carbocycles. The van der Waals surface area contributed by atoms with Crippen molar-refractivity contribution in [2.45, 2.75) is 19.4 Å². The summed E-state index contributed by atoms with van der Waals surface area (Å²) in [5.74, 6) is 0.199. The summed E-state index contributed by atoms with van der Waals surface area (Å²) in [6.07, 6.45) is 0.752. The summed E-state index contributed by atoms with van der Waals surface area (Å²) >= 11 is 0. The van der Waals surface area contributed by atoms with Crippen LogP contribution in [0.4, 0.5) is 0 Å². The lowest BCUT2D eigenvalue weighted by atomic mass is 10.3. The predicted molar refractivity (Wildman–Crippen MR) is 59.3 cm³/mol. The lowest BCUT2D eigenvalue weighted by molar-refractivity contribution is 0.186. The normalized spacial score (nSPS) is 27.5. The average molecular weight is 236 g/mol. The molecule has 1 atom stereocenters. The SMILES string of the molecule is COCCCN1CC(C)NCCS1(=O)=O. The van der Waals surface area contributed by atoms with E-state index in [-0.39, 0.29) is 11.8 Å². The molecule has 0 saturated carbocycles. The molecule has 1 saturated heterocycles. The van der Waals surface area contributed by atoms with E-state index in [0.717, 1.165) is 6.42 Å². The molecule has 0 spiro atoms. The third-order valence-corrected chi connectivity index (χ3v) is 4.32. The molecule has 1 fully saturated rings. The zero-order valence-electron chi connectivity index (χ0n) is 9.40. The molecule has 1 heterocycles. The van der Waals surface area contributed by atoms with E-state index < -0.39 is 10.0 Å². The molecule has 1 unspecified atom stereocenters. The molecular weight excluding hydrogens is 216 g/mol. The van der Waals surface area contributed by atoms with E-state index in [1.54, 1.807) is 11.4 Å². The van der Waals surface area contributed by atoms with Crippen molar-refractivity contribution in [1.82, 2.24) is 9.62 Å². The van der Waals surface area contributed by atoms with Gasteiger partial charge in [-0.1, -0.05) is 0 Å². The number of nitrogens with zero attached hydrogens (tertiary/aromatic N) is 1. The van der Waals surface area contributed by atoms with Crippen LogP contribution in [0.5, 0.6) is 0 Å². The molecule has 0 aromatic carbocycles. The first-order chi connectivity index (χ1) is 7.06. The van der Waals surface area contributed by atoms with Crippen LogP contribution >= 0.6 is 0 Å². The number of hydrogen-bond donors (Lipinski definition) is 1. The Morgan fingerprint density at radius 1 is 1.53 bits per heavy atom. The van der Waals surface area contributed by atoms with Gasteiger partial charge < -0.3 is 10.1 Å². The van der Waals surface area contributed by atoms with E-state index in [1.165, 1.54) is 0 Å². The first kappa shape index (κ1) is 12.9. The summed E-state index contributed by atoms with van der Waals surface area (Å²) in [6, 6.07) is 0.227. The fourth-order valence-corrected chi connectivity index (χ4v) is 3.15. The highest BCUT2D eigenvalue weighted by Crippen LogP contribution is 2.07. The van der Waals surface area contributed by atoms with E-state index in [1.807, 2.05) is 6.92 Å². The van der Waals surface area contributed by atoms with Gasteiger partial charge in [-0.05, 0) is 13.3 Å². The van der Waals surface area contributed by atoms with Gasteiger partial charge in [-0.15, -0.1) is 0 Å². The van der Waals surface area contributed by atoms with Crippen molar-refractivity contribution in [2.75, 3.05) is 39.1 Å². The molecule has 0 amide bonds. The maximum absolute atomic E-state index is 11.8. The standard InChI is InChI=1S/C9H20N2O3S/c1-9-8-11(5-3-6-14-2)15(12,13)7-4-10-9/h9-10H,3-8H2,1-2H3. The lowest BCUT2D eigenvalue weighted by Crippen LogP contribution is -2.38. The van der Waals surface area contributed by atoms with Crippen LogP contribution in [0, 0.1) is 0 Å². The van der Waals surface area contributed by atoms with Gasteiger partial charge in [0.15, 0.2) is 0 Å². The zero-order valence-corrected chi connectivity index (χ0v) is 10.2. The quantitative estimate of drug-likeness (QED) is 0.678. The minimum Gasteiger partial charge on any atom is -0.385 e. The Bertz CT molecular complexity index is 279. The number of ether oxygens (including phenoxy) is 1. The summed E-state index contributed by atoms with van der Waals surface area (Å²) in [5.41, 5.74) is 0. The highest BCUT2D eigenvalue weighted by Gasteiger charge is 2.26. The number of rotatable bonds is 4. The molecule has 1 aliphatic rings. The monoisotopic (exact) mass is 236 g/mol. The first-order valence-electron chi connectivity index (χ1n) is 5.26. The summed E-state index contributed by atoms with van der Waals surface area (Å²) < 4.78 is 30.1. The first-order valence-corrected chi connectivity index (χ1v) is 6.87. The summed E-state index contributed by atoms with van der Waals surface area (Å²) in [6.45, 7) is 4.27. The second-order valence-electron chi connectivity index (χ2n) is 3.88. The molecule has 0 bridgehead atoms. The highest BCUT2D eigenvalue weighted by atomic mass is 32.2. The van der Waals surface area contributed by atoms with Gasteiger partial charge in [0.2, 0.25) is 10.0 Å². The third-order valence-electron chi connectivity index (χ3n) is 2.48. The van der Waals surface area contributed by atoms with Crippen molar-refractivity contribution in [3.05, 3.63) is 0 Å². The Balaban J connectivity index is 2.55. The maximum atomic E-state index is 11.8. The van der Waals surface area contributed by atoms with Crippen molar-refractivity contribution < 1.29 is 13.2 Å². The Morgan fingerprint density at radius 3 is 2.93 bits per heavy atom. The number of hydrogen-bond acceptors (Lipinski definition) is 4. The fourth-order valence-electron chi connectivity index (χ4n) is 1.66. The molecule has 5 nitrogen and oxygen atoms in total. The molecule has 6 heteroatoms. The largest absolute Gasteiger partial charge is 0.385 e. The second-order valence-corrected chi connectivity index (χ2v) is 5.96. The average Bonchev–Trinajstić information content (AvgIpc) is 2.27. The van der Waals surface area contributed by atoms with E-state index in [9.17, 15) is 8.42 Å². The topological polar surface area (TPSA) is 58.6 Å². The Morgan fingerprint density at radius 2 is 2.27 bits per heavy atom. The van der Waals surface area contributed by atoms with Crippen molar-refractivity contribution in [3.63, 3.8) is 0 Å².